The Morgan fingerprint density at radius 2 is 1.47 bits per heavy atom. The number of nitrogens with one attached hydrogen (secondary N) is 1. The van der Waals surface area contributed by atoms with Gasteiger partial charge in [-0.2, -0.15) is 0 Å². The van der Waals surface area contributed by atoms with E-state index >= 15 is 0 Å². The molecule has 0 saturated heterocycles. The van der Waals surface area contributed by atoms with Gasteiger partial charge in [0, 0.05) is 6.04 Å². The molecule has 1 heteroatoms. The van der Waals surface area contributed by atoms with Crippen LogP contribution in [0.3, 0.4) is 0 Å². The Balaban J connectivity index is 3.63. The number of unbranched alkanes of at least 4 members (excludes halogenated alkanes) is 3. The summed E-state index contributed by atoms with van der Waals surface area (Å²) in [5.41, 5.74) is 0. The first kappa shape index (κ1) is 17.0. The van der Waals surface area contributed by atoms with E-state index < -0.39 is 0 Å². The zero-order chi connectivity index (χ0) is 12.9. The number of hydrogen-bond donors (Lipinski definition) is 1. The maximum Gasteiger partial charge on any atom is 0.00670 e. The summed E-state index contributed by atoms with van der Waals surface area (Å²) in [4.78, 5) is 0. The normalized spacial score (nSPS) is 13.2. The Hall–Kier alpha value is -0.0400. The SMILES string of the molecule is CCCCCCC(CCCC(C)C)NCCC. The average Bonchev–Trinajstić information content (AvgIpc) is 2.30. The van der Waals surface area contributed by atoms with Gasteiger partial charge in [0.1, 0.15) is 0 Å². The van der Waals surface area contributed by atoms with Crippen LogP contribution >= 0.6 is 0 Å². The van der Waals surface area contributed by atoms with Crippen LogP contribution in [0.15, 0.2) is 0 Å². The average molecular weight is 241 g/mol. The van der Waals surface area contributed by atoms with E-state index in [2.05, 4.69) is 33.0 Å². The highest BCUT2D eigenvalue weighted by atomic mass is 14.9. The second-order valence-electron chi connectivity index (χ2n) is 5.83. The van der Waals surface area contributed by atoms with Crippen LogP contribution in [0.5, 0.6) is 0 Å². The Labute approximate surface area is 110 Å². The van der Waals surface area contributed by atoms with Crippen molar-refractivity contribution in [2.45, 2.75) is 91.5 Å². The molecule has 17 heavy (non-hydrogen) atoms. The first-order valence-electron chi connectivity index (χ1n) is 7.94. The van der Waals surface area contributed by atoms with Crippen LogP contribution in [0, 0.1) is 5.92 Å². The zero-order valence-corrected chi connectivity index (χ0v) is 12.7. The molecule has 0 saturated carbocycles. The Bertz CT molecular complexity index is 142. The fourth-order valence-corrected chi connectivity index (χ4v) is 2.29. The van der Waals surface area contributed by atoms with Gasteiger partial charge in [0.05, 0.1) is 0 Å². The van der Waals surface area contributed by atoms with Crippen molar-refractivity contribution in [3.05, 3.63) is 0 Å². The van der Waals surface area contributed by atoms with Crippen LogP contribution in [0.25, 0.3) is 0 Å². The Morgan fingerprint density at radius 3 is 2.06 bits per heavy atom. The Kier molecular flexibility index (Phi) is 12.4. The highest BCUT2D eigenvalue weighted by molar-refractivity contribution is 4.67. The van der Waals surface area contributed by atoms with Gasteiger partial charge in [-0.1, -0.05) is 66.2 Å². The Morgan fingerprint density at radius 1 is 0.765 bits per heavy atom. The molecular weight excluding hydrogens is 206 g/mol. The van der Waals surface area contributed by atoms with Gasteiger partial charge in [-0.25, -0.2) is 0 Å². The van der Waals surface area contributed by atoms with E-state index in [1.54, 1.807) is 0 Å². The molecule has 0 aliphatic rings. The minimum Gasteiger partial charge on any atom is -0.314 e. The molecule has 0 rings (SSSR count). The summed E-state index contributed by atoms with van der Waals surface area (Å²) in [5, 5.41) is 3.72. The minimum atomic E-state index is 0.783. The fourth-order valence-electron chi connectivity index (χ4n) is 2.29. The van der Waals surface area contributed by atoms with Crippen molar-refractivity contribution in [2.75, 3.05) is 6.54 Å². The molecule has 0 aromatic carbocycles. The van der Waals surface area contributed by atoms with Crippen LogP contribution in [0.4, 0.5) is 0 Å². The standard InChI is InChI=1S/C16H35N/c1-5-7-8-9-12-16(17-14-6-2)13-10-11-15(3)4/h15-17H,5-14H2,1-4H3. The van der Waals surface area contributed by atoms with Gasteiger partial charge in [0.25, 0.3) is 0 Å². The summed E-state index contributed by atoms with van der Waals surface area (Å²) in [7, 11) is 0. The molecule has 0 heterocycles. The quantitative estimate of drug-likeness (QED) is 0.466. The lowest BCUT2D eigenvalue weighted by atomic mass is 9.99. The molecule has 1 nitrogen and oxygen atoms in total. The van der Waals surface area contributed by atoms with Crippen molar-refractivity contribution in [1.82, 2.24) is 5.32 Å². The maximum atomic E-state index is 3.72. The van der Waals surface area contributed by atoms with Crippen LogP contribution in [-0.4, -0.2) is 12.6 Å². The zero-order valence-electron chi connectivity index (χ0n) is 12.7. The molecule has 0 aliphatic carbocycles. The molecule has 1 atom stereocenters. The summed E-state index contributed by atoms with van der Waals surface area (Å²) in [6, 6.07) is 0.783. The fraction of sp³-hybridized carbons (Fsp3) is 1.00. The first-order valence-corrected chi connectivity index (χ1v) is 7.94. The van der Waals surface area contributed by atoms with E-state index in [-0.39, 0.29) is 0 Å². The van der Waals surface area contributed by atoms with Crippen LogP contribution in [0.2, 0.25) is 0 Å². The van der Waals surface area contributed by atoms with Crippen LogP contribution in [0.1, 0.15) is 85.5 Å². The molecule has 0 radical (unpaired) electrons. The third-order valence-corrected chi connectivity index (χ3v) is 3.42. The smallest absolute Gasteiger partial charge is 0.00670 e. The van der Waals surface area contributed by atoms with Crippen LogP contribution in [-0.2, 0) is 0 Å². The second-order valence-corrected chi connectivity index (χ2v) is 5.83. The summed E-state index contributed by atoms with van der Waals surface area (Å²) >= 11 is 0. The van der Waals surface area contributed by atoms with Crippen molar-refractivity contribution >= 4 is 0 Å². The lowest BCUT2D eigenvalue weighted by Gasteiger charge is -2.19. The molecule has 104 valence electrons. The van der Waals surface area contributed by atoms with E-state index in [0.717, 1.165) is 12.0 Å². The molecule has 0 amide bonds. The molecule has 0 spiro atoms. The largest absolute Gasteiger partial charge is 0.314 e. The monoisotopic (exact) mass is 241 g/mol. The highest BCUT2D eigenvalue weighted by Gasteiger charge is 2.07. The van der Waals surface area contributed by atoms with Gasteiger partial charge in [0.2, 0.25) is 0 Å². The van der Waals surface area contributed by atoms with E-state index in [4.69, 9.17) is 0 Å². The number of hydrogen-bond acceptors (Lipinski definition) is 1. The second kappa shape index (κ2) is 12.4. The van der Waals surface area contributed by atoms with E-state index in [1.807, 2.05) is 0 Å². The van der Waals surface area contributed by atoms with Crippen molar-refractivity contribution in [2.24, 2.45) is 5.92 Å². The molecule has 0 aromatic rings. The van der Waals surface area contributed by atoms with Gasteiger partial charge in [0.15, 0.2) is 0 Å². The maximum absolute atomic E-state index is 3.72. The predicted molar refractivity (Wildman–Crippen MR) is 79.5 cm³/mol. The van der Waals surface area contributed by atoms with Gasteiger partial charge in [-0.05, 0) is 31.7 Å². The summed E-state index contributed by atoms with van der Waals surface area (Å²) in [6.45, 7) is 10.4. The van der Waals surface area contributed by atoms with E-state index in [9.17, 15) is 0 Å². The molecule has 0 aromatic heterocycles. The molecule has 0 fully saturated rings. The third-order valence-electron chi connectivity index (χ3n) is 3.42. The lowest BCUT2D eigenvalue weighted by molar-refractivity contribution is 0.404. The van der Waals surface area contributed by atoms with Crippen molar-refractivity contribution in [3.63, 3.8) is 0 Å². The predicted octanol–water partition coefficient (Wildman–Crippen LogP) is 5.15. The van der Waals surface area contributed by atoms with Crippen molar-refractivity contribution in [1.29, 1.82) is 0 Å². The van der Waals surface area contributed by atoms with Crippen molar-refractivity contribution < 1.29 is 0 Å². The lowest BCUT2D eigenvalue weighted by Crippen LogP contribution is -2.29. The topological polar surface area (TPSA) is 12.0 Å². The molecule has 0 bridgehead atoms. The van der Waals surface area contributed by atoms with E-state index in [0.29, 0.717) is 0 Å². The molecule has 1 N–H and O–H groups in total. The van der Waals surface area contributed by atoms with Gasteiger partial charge in [-0.3, -0.25) is 0 Å². The molecule has 1 unspecified atom stereocenters. The van der Waals surface area contributed by atoms with Gasteiger partial charge < -0.3 is 5.32 Å². The van der Waals surface area contributed by atoms with E-state index in [1.165, 1.54) is 64.3 Å². The third kappa shape index (κ3) is 12.2. The summed E-state index contributed by atoms with van der Waals surface area (Å²) in [6.07, 6.45) is 12.4. The number of rotatable bonds is 12. The van der Waals surface area contributed by atoms with Crippen LogP contribution < -0.4 is 5.32 Å². The molecule has 0 aliphatic heterocycles. The summed E-state index contributed by atoms with van der Waals surface area (Å²) in [5.74, 6) is 0.863. The highest BCUT2D eigenvalue weighted by Crippen LogP contribution is 2.13. The van der Waals surface area contributed by atoms with Gasteiger partial charge in [-0.15, -0.1) is 0 Å². The first-order chi connectivity index (χ1) is 8.20. The molecular formula is C16H35N. The minimum absolute atomic E-state index is 0.783. The van der Waals surface area contributed by atoms with Gasteiger partial charge >= 0.3 is 0 Å². The van der Waals surface area contributed by atoms with Crippen molar-refractivity contribution in [3.8, 4) is 0 Å². The summed E-state index contributed by atoms with van der Waals surface area (Å²) < 4.78 is 0.